The predicted octanol–water partition coefficient (Wildman–Crippen LogP) is 2.73. The van der Waals surface area contributed by atoms with Crippen molar-refractivity contribution in [3.8, 4) is 5.75 Å². The Balaban J connectivity index is 2.21. The Hall–Kier alpha value is -2.76. The SMILES string of the molecule is COc1ccccc1CNc1cc(F)c(C(=O)O)cc1N. The van der Waals surface area contributed by atoms with Crippen LogP contribution < -0.4 is 15.8 Å². The van der Waals surface area contributed by atoms with E-state index in [1.807, 2.05) is 24.3 Å². The average Bonchev–Trinajstić information content (AvgIpc) is 2.47. The van der Waals surface area contributed by atoms with Gasteiger partial charge in [0.2, 0.25) is 0 Å². The molecular weight excluding hydrogens is 275 g/mol. The lowest BCUT2D eigenvalue weighted by Crippen LogP contribution is -2.07. The van der Waals surface area contributed by atoms with Gasteiger partial charge in [-0.2, -0.15) is 0 Å². The number of carboxylic acids is 1. The summed E-state index contributed by atoms with van der Waals surface area (Å²) in [7, 11) is 1.56. The number of nitrogen functional groups attached to an aromatic ring is 1. The van der Waals surface area contributed by atoms with Gasteiger partial charge >= 0.3 is 5.97 Å². The number of benzene rings is 2. The maximum atomic E-state index is 13.7. The monoisotopic (exact) mass is 290 g/mol. The fraction of sp³-hybridized carbons (Fsp3) is 0.133. The average molecular weight is 290 g/mol. The van der Waals surface area contributed by atoms with Crippen LogP contribution in [-0.4, -0.2) is 18.2 Å². The van der Waals surface area contributed by atoms with Crippen molar-refractivity contribution in [2.24, 2.45) is 0 Å². The Morgan fingerprint density at radius 3 is 2.76 bits per heavy atom. The fourth-order valence-electron chi connectivity index (χ4n) is 1.95. The van der Waals surface area contributed by atoms with Crippen molar-refractivity contribution < 1.29 is 19.0 Å². The Kier molecular flexibility index (Phi) is 4.27. The van der Waals surface area contributed by atoms with E-state index < -0.39 is 17.3 Å². The minimum atomic E-state index is -1.35. The van der Waals surface area contributed by atoms with E-state index in [1.54, 1.807) is 7.11 Å². The topological polar surface area (TPSA) is 84.6 Å². The first-order chi connectivity index (χ1) is 10.0. The second kappa shape index (κ2) is 6.13. The first-order valence-corrected chi connectivity index (χ1v) is 6.21. The number of carboxylic acid groups (broad SMARTS) is 1. The highest BCUT2D eigenvalue weighted by Gasteiger charge is 2.13. The molecule has 0 radical (unpaired) electrons. The lowest BCUT2D eigenvalue weighted by molar-refractivity contribution is 0.0692. The van der Waals surface area contributed by atoms with Gasteiger partial charge in [-0.25, -0.2) is 9.18 Å². The van der Waals surface area contributed by atoms with Crippen LogP contribution >= 0.6 is 0 Å². The summed E-state index contributed by atoms with van der Waals surface area (Å²) >= 11 is 0. The van der Waals surface area contributed by atoms with Crippen molar-refractivity contribution in [2.75, 3.05) is 18.2 Å². The second-order valence-electron chi connectivity index (χ2n) is 4.39. The van der Waals surface area contributed by atoms with Gasteiger partial charge in [0.05, 0.1) is 24.0 Å². The number of halogens is 1. The smallest absolute Gasteiger partial charge is 0.338 e. The van der Waals surface area contributed by atoms with Gasteiger partial charge in [-0.05, 0) is 18.2 Å². The number of methoxy groups -OCH3 is 1. The Morgan fingerprint density at radius 1 is 1.38 bits per heavy atom. The molecule has 0 atom stereocenters. The molecule has 0 bridgehead atoms. The van der Waals surface area contributed by atoms with Gasteiger partial charge in [-0.3, -0.25) is 0 Å². The molecule has 0 aliphatic heterocycles. The highest BCUT2D eigenvalue weighted by Crippen LogP contribution is 2.25. The van der Waals surface area contributed by atoms with E-state index in [0.29, 0.717) is 18.0 Å². The number of aromatic carboxylic acids is 1. The summed E-state index contributed by atoms with van der Waals surface area (Å²) < 4.78 is 18.9. The molecule has 21 heavy (non-hydrogen) atoms. The largest absolute Gasteiger partial charge is 0.496 e. The van der Waals surface area contributed by atoms with Gasteiger partial charge in [0, 0.05) is 12.1 Å². The molecule has 0 aliphatic carbocycles. The number of hydrogen-bond acceptors (Lipinski definition) is 4. The number of nitrogens with two attached hydrogens (primary N) is 1. The number of hydrogen-bond donors (Lipinski definition) is 3. The van der Waals surface area contributed by atoms with Crippen molar-refractivity contribution in [3.63, 3.8) is 0 Å². The molecule has 110 valence electrons. The van der Waals surface area contributed by atoms with E-state index in [2.05, 4.69) is 5.32 Å². The van der Waals surface area contributed by atoms with Crippen LogP contribution in [0.25, 0.3) is 0 Å². The van der Waals surface area contributed by atoms with E-state index in [1.165, 1.54) is 0 Å². The van der Waals surface area contributed by atoms with Crippen molar-refractivity contribution in [1.29, 1.82) is 0 Å². The van der Waals surface area contributed by atoms with Crippen LogP contribution in [0.5, 0.6) is 5.75 Å². The third kappa shape index (κ3) is 3.22. The van der Waals surface area contributed by atoms with Crippen LogP contribution in [0.3, 0.4) is 0 Å². The molecule has 4 N–H and O–H groups in total. The molecule has 0 heterocycles. The quantitative estimate of drug-likeness (QED) is 0.737. The molecule has 0 aliphatic rings. The second-order valence-corrected chi connectivity index (χ2v) is 4.39. The predicted molar refractivity (Wildman–Crippen MR) is 78.1 cm³/mol. The lowest BCUT2D eigenvalue weighted by Gasteiger charge is -2.13. The normalized spacial score (nSPS) is 10.2. The van der Waals surface area contributed by atoms with Crippen LogP contribution in [0.4, 0.5) is 15.8 Å². The zero-order valence-electron chi connectivity index (χ0n) is 11.4. The third-order valence-corrected chi connectivity index (χ3v) is 3.03. The summed E-state index contributed by atoms with van der Waals surface area (Å²) in [5.41, 5.74) is 6.67. The number of rotatable bonds is 5. The van der Waals surface area contributed by atoms with Crippen LogP contribution in [0.15, 0.2) is 36.4 Å². The maximum Gasteiger partial charge on any atom is 0.338 e. The molecular formula is C15H15FN2O3. The molecule has 0 saturated carbocycles. The van der Waals surface area contributed by atoms with E-state index in [4.69, 9.17) is 15.6 Å². The molecule has 2 rings (SSSR count). The summed E-state index contributed by atoms with van der Waals surface area (Å²) in [6.07, 6.45) is 0. The number of para-hydroxylation sites is 1. The third-order valence-electron chi connectivity index (χ3n) is 3.03. The number of anilines is 2. The highest BCUT2D eigenvalue weighted by molar-refractivity contribution is 5.90. The van der Waals surface area contributed by atoms with Gasteiger partial charge in [-0.1, -0.05) is 18.2 Å². The molecule has 0 unspecified atom stereocenters. The lowest BCUT2D eigenvalue weighted by atomic mass is 10.1. The van der Waals surface area contributed by atoms with Gasteiger partial charge in [0.15, 0.2) is 0 Å². The van der Waals surface area contributed by atoms with Crippen molar-refractivity contribution in [1.82, 2.24) is 0 Å². The molecule has 2 aromatic carbocycles. The Bertz CT molecular complexity index is 674. The van der Waals surface area contributed by atoms with E-state index in [9.17, 15) is 9.18 Å². The van der Waals surface area contributed by atoms with Crippen molar-refractivity contribution in [3.05, 3.63) is 53.3 Å². The molecule has 0 amide bonds. The Morgan fingerprint density at radius 2 is 2.10 bits per heavy atom. The van der Waals surface area contributed by atoms with Crippen molar-refractivity contribution in [2.45, 2.75) is 6.54 Å². The molecule has 6 heteroatoms. The molecule has 0 aromatic heterocycles. The zero-order valence-corrected chi connectivity index (χ0v) is 11.4. The Labute approximate surface area is 121 Å². The summed E-state index contributed by atoms with van der Waals surface area (Å²) in [6, 6.07) is 9.56. The minimum Gasteiger partial charge on any atom is -0.496 e. The van der Waals surface area contributed by atoms with Crippen LogP contribution in [0.1, 0.15) is 15.9 Å². The standard InChI is InChI=1S/C15H15FN2O3/c1-21-14-5-3-2-4-9(14)8-18-13-7-11(16)10(15(19)20)6-12(13)17/h2-7,18H,8,17H2,1H3,(H,19,20). The van der Waals surface area contributed by atoms with Gasteiger partial charge in [0.25, 0.3) is 0 Å². The van der Waals surface area contributed by atoms with Crippen molar-refractivity contribution >= 4 is 17.3 Å². The van der Waals surface area contributed by atoms with Crippen LogP contribution in [0.2, 0.25) is 0 Å². The summed E-state index contributed by atoms with van der Waals surface area (Å²) in [5.74, 6) is -1.49. The van der Waals surface area contributed by atoms with Gasteiger partial charge in [-0.15, -0.1) is 0 Å². The van der Waals surface area contributed by atoms with Gasteiger partial charge < -0.3 is 20.9 Å². The minimum absolute atomic E-state index is 0.170. The van der Waals surface area contributed by atoms with Gasteiger partial charge in [0.1, 0.15) is 11.6 Å². The van der Waals surface area contributed by atoms with E-state index in [-0.39, 0.29) is 5.69 Å². The zero-order chi connectivity index (χ0) is 15.4. The summed E-state index contributed by atoms with van der Waals surface area (Å²) in [5, 5.41) is 11.8. The highest BCUT2D eigenvalue weighted by atomic mass is 19.1. The number of carbonyl (C=O) groups is 1. The van der Waals surface area contributed by atoms with Crippen LogP contribution in [-0.2, 0) is 6.54 Å². The molecule has 5 nitrogen and oxygen atoms in total. The van der Waals surface area contributed by atoms with E-state index in [0.717, 1.165) is 17.7 Å². The molecule has 0 fully saturated rings. The van der Waals surface area contributed by atoms with Crippen LogP contribution in [0, 0.1) is 5.82 Å². The number of nitrogens with one attached hydrogen (secondary N) is 1. The first kappa shape index (κ1) is 14.6. The molecule has 0 saturated heterocycles. The fourth-order valence-corrected chi connectivity index (χ4v) is 1.95. The maximum absolute atomic E-state index is 13.7. The number of ether oxygens (including phenoxy) is 1. The molecule has 2 aromatic rings. The summed E-state index contributed by atoms with van der Waals surface area (Å²) in [4.78, 5) is 10.8. The first-order valence-electron chi connectivity index (χ1n) is 6.21. The summed E-state index contributed by atoms with van der Waals surface area (Å²) in [6.45, 7) is 0.375. The van der Waals surface area contributed by atoms with E-state index >= 15 is 0 Å². The molecule has 0 spiro atoms.